The number of para-hydroxylation sites is 1. The number of nitrogens with one attached hydrogen (secondary N) is 1. The normalized spacial score (nSPS) is 14.3. The molecule has 0 bridgehead atoms. The summed E-state index contributed by atoms with van der Waals surface area (Å²) in [7, 11) is 0. The maximum absolute atomic E-state index is 12.4. The van der Waals surface area contributed by atoms with Gasteiger partial charge in [-0.25, -0.2) is 0 Å². The molecule has 1 aliphatic rings. The number of hydrogen-bond donors (Lipinski definition) is 1. The summed E-state index contributed by atoms with van der Waals surface area (Å²) >= 11 is 12.2. The fourth-order valence-electron chi connectivity index (χ4n) is 2.45. The quantitative estimate of drug-likeness (QED) is 0.825. The van der Waals surface area contributed by atoms with E-state index in [1.165, 1.54) is 0 Å². The van der Waals surface area contributed by atoms with Crippen molar-refractivity contribution >= 4 is 47.0 Å². The molecule has 9 heteroatoms. The summed E-state index contributed by atoms with van der Waals surface area (Å²) in [5, 5.41) is 11.9. The molecule has 25 heavy (non-hydrogen) atoms. The molecule has 2 aromatic rings. The van der Waals surface area contributed by atoms with Crippen molar-refractivity contribution in [2.24, 2.45) is 0 Å². The van der Waals surface area contributed by atoms with E-state index in [1.807, 2.05) is 0 Å². The minimum Gasteiger partial charge on any atom is -0.342 e. The lowest BCUT2D eigenvalue weighted by Crippen LogP contribution is -2.48. The van der Waals surface area contributed by atoms with E-state index in [4.69, 9.17) is 23.2 Å². The predicted molar refractivity (Wildman–Crippen MR) is 95.3 cm³/mol. The molecule has 3 rings (SSSR count). The highest BCUT2D eigenvalue weighted by Crippen LogP contribution is 2.31. The Balaban J connectivity index is 1.68. The Morgan fingerprint density at radius 3 is 2.28 bits per heavy atom. The summed E-state index contributed by atoms with van der Waals surface area (Å²) < 4.78 is 0. The van der Waals surface area contributed by atoms with Gasteiger partial charge in [0.1, 0.15) is 0 Å². The second kappa shape index (κ2) is 7.67. The van der Waals surface area contributed by atoms with E-state index in [0.717, 1.165) is 6.41 Å². The highest BCUT2D eigenvalue weighted by Gasteiger charge is 2.22. The fraction of sp³-hybridized carbons (Fsp3) is 0.250. The molecule has 1 aliphatic heterocycles. The Hall–Kier alpha value is -2.38. The van der Waals surface area contributed by atoms with Crippen LogP contribution >= 0.6 is 23.2 Å². The number of carbonyl (C=O) groups is 2. The number of halogens is 2. The first-order valence-corrected chi connectivity index (χ1v) is 8.37. The van der Waals surface area contributed by atoms with Gasteiger partial charge in [-0.15, -0.1) is 10.2 Å². The molecule has 1 N–H and O–H groups in total. The summed E-state index contributed by atoms with van der Waals surface area (Å²) in [6.45, 7) is 2.00. The van der Waals surface area contributed by atoms with Crippen molar-refractivity contribution in [3.8, 4) is 0 Å². The Kier molecular flexibility index (Phi) is 5.35. The summed E-state index contributed by atoms with van der Waals surface area (Å²) in [4.78, 5) is 26.4. The van der Waals surface area contributed by atoms with Crippen LogP contribution in [0.25, 0.3) is 0 Å². The Bertz CT molecular complexity index is 756. The van der Waals surface area contributed by atoms with Crippen LogP contribution in [0.15, 0.2) is 30.3 Å². The topological polar surface area (TPSA) is 78.4 Å². The molecule has 130 valence electrons. The van der Waals surface area contributed by atoms with Crippen LogP contribution in [0.3, 0.4) is 0 Å². The zero-order chi connectivity index (χ0) is 17.8. The van der Waals surface area contributed by atoms with Gasteiger partial charge in [-0.05, 0) is 24.3 Å². The average molecular weight is 380 g/mol. The van der Waals surface area contributed by atoms with Gasteiger partial charge in [0.15, 0.2) is 11.5 Å². The molecule has 0 aliphatic carbocycles. The van der Waals surface area contributed by atoms with Crippen molar-refractivity contribution in [3.63, 3.8) is 0 Å². The van der Waals surface area contributed by atoms with Crippen molar-refractivity contribution in [1.29, 1.82) is 0 Å². The molecular weight excluding hydrogens is 365 g/mol. The summed E-state index contributed by atoms with van der Waals surface area (Å²) in [6.07, 6.45) is 0.794. The largest absolute Gasteiger partial charge is 0.342 e. The Labute approximate surface area is 154 Å². The van der Waals surface area contributed by atoms with E-state index in [9.17, 15) is 9.59 Å². The van der Waals surface area contributed by atoms with Gasteiger partial charge < -0.3 is 15.1 Å². The van der Waals surface area contributed by atoms with E-state index >= 15 is 0 Å². The lowest BCUT2D eigenvalue weighted by atomic mass is 10.2. The minimum atomic E-state index is -0.208. The first-order chi connectivity index (χ1) is 12.1. The van der Waals surface area contributed by atoms with Gasteiger partial charge >= 0.3 is 0 Å². The lowest BCUT2D eigenvalue weighted by molar-refractivity contribution is -0.119. The van der Waals surface area contributed by atoms with E-state index < -0.39 is 0 Å². The zero-order valence-electron chi connectivity index (χ0n) is 13.2. The molecule has 1 aromatic carbocycles. The number of aromatic nitrogens is 2. The molecule has 7 nitrogen and oxygen atoms in total. The van der Waals surface area contributed by atoms with Crippen LogP contribution in [-0.4, -0.2) is 58.5 Å². The van der Waals surface area contributed by atoms with Crippen molar-refractivity contribution in [3.05, 3.63) is 46.1 Å². The molecule has 0 spiro atoms. The number of piperazine rings is 1. The Morgan fingerprint density at radius 1 is 1.04 bits per heavy atom. The molecular formula is C16H15Cl2N5O2. The van der Waals surface area contributed by atoms with E-state index in [-0.39, 0.29) is 11.6 Å². The fourth-order valence-corrected chi connectivity index (χ4v) is 2.94. The van der Waals surface area contributed by atoms with Gasteiger partial charge in [-0.3, -0.25) is 9.59 Å². The maximum Gasteiger partial charge on any atom is 0.274 e. The highest BCUT2D eigenvalue weighted by atomic mass is 35.5. The maximum atomic E-state index is 12.4. The number of benzene rings is 1. The van der Waals surface area contributed by atoms with Crippen LogP contribution in [0.1, 0.15) is 10.5 Å². The molecule has 0 atom stereocenters. The molecule has 1 saturated heterocycles. The summed E-state index contributed by atoms with van der Waals surface area (Å²) in [5.41, 5.74) is 0.777. The zero-order valence-corrected chi connectivity index (χ0v) is 14.7. The smallest absolute Gasteiger partial charge is 0.274 e. The van der Waals surface area contributed by atoms with Crippen molar-refractivity contribution in [2.75, 3.05) is 31.5 Å². The van der Waals surface area contributed by atoms with Gasteiger partial charge in [0.2, 0.25) is 6.41 Å². The molecule has 2 heterocycles. The standard InChI is InChI=1S/C16H15Cl2N5O2/c17-11-2-1-3-12(18)15(11)19-14-5-4-13(20-21-14)16(25)23-8-6-22(10-24)7-9-23/h1-5,10H,6-9H2,(H,19,21). The van der Waals surface area contributed by atoms with E-state index in [2.05, 4.69) is 15.5 Å². The number of amides is 2. The first-order valence-electron chi connectivity index (χ1n) is 7.62. The monoisotopic (exact) mass is 379 g/mol. The Morgan fingerprint density at radius 2 is 1.72 bits per heavy atom. The average Bonchev–Trinajstić information content (AvgIpc) is 2.65. The molecule has 1 aromatic heterocycles. The second-order valence-electron chi connectivity index (χ2n) is 5.46. The van der Waals surface area contributed by atoms with Crippen molar-refractivity contribution in [1.82, 2.24) is 20.0 Å². The molecule has 1 fully saturated rings. The summed E-state index contributed by atoms with van der Waals surface area (Å²) in [5.74, 6) is 0.220. The van der Waals surface area contributed by atoms with Gasteiger partial charge in [0.05, 0.1) is 15.7 Å². The van der Waals surface area contributed by atoms with Gasteiger partial charge in [-0.2, -0.15) is 0 Å². The van der Waals surface area contributed by atoms with Gasteiger partial charge in [0.25, 0.3) is 5.91 Å². The number of nitrogens with zero attached hydrogens (tertiary/aromatic N) is 4. The number of rotatable bonds is 4. The number of anilines is 2. The van der Waals surface area contributed by atoms with Crippen LogP contribution in [0.5, 0.6) is 0 Å². The van der Waals surface area contributed by atoms with E-state index in [0.29, 0.717) is 47.7 Å². The van der Waals surface area contributed by atoms with Crippen LogP contribution in [0, 0.1) is 0 Å². The third kappa shape index (κ3) is 4.00. The van der Waals surface area contributed by atoms with Gasteiger partial charge in [-0.1, -0.05) is 29.3 Å². The predicted octanol–water partition coefficient (Wildman–Crippen LogP) is 2.44. The second-order valence-corrected chi connectivity index (χ2v) is 6.27. The van der Waals surface area contributed by atoms with Crippen LogP contribution in [-0.2, 0) is 4.79 Å². The van der Waals surface area contributed by atoms with E-state index in [1.54, 1.807) is 40.1 Å². The highest BCUT2D eigenvalue weighted by molar-refractivity contribution is 6.39. The SMILES string of the molecule is O=CN1CCN(C(=O)c2ccc(Nc3c(Cl)cccc3Cl)nn2)CC1. The van der Waals surface area contributed by atoms with Crippen LogP contribution in [0.2, 0.25) is 10.0 Å². The van der Waals surface area contributed by atoms with Gasteiger partial charge in [0, 0.05) is 26.2 Å². The summed E-state index contributed by atoms with van der Waals surface area (Å²) in [6, 6.07) is 8.39. The first kappa shape index (κ1) is 17.4. The number of hydrogen-bond acceptors (Lipinski definition) is 5. The van der Waals surface area contributed by atoms with Crippen molar-refractivity contribution in [2.45, 2.75) is 0 Å². The van der Waals surface area contributed by atoms with Crippen LogP contribution < -0.4 is 5.32 Å². The third-order valence-electron chi connectivity index (χ3n) is 3.85. The number of carbonyl (C=O) groups excluding carboxylic acids is 2. The third-order valence-corrected chi connectivity index (χ3v) is 4.48. The lowest BCUT2D eigenvalue weighted by Gasteiger charge is -2.32. The minimum absolute atomic E-state index is 0.208. The van der Waals surface area contributed by atoms with Crippen molar-refractivity contribution < 1.29 is 9.59 Å². The van der Waals surface area contributed by atoms with Crippen LogP contribution in [0.4, 0.5) is 11.5 Å². The molecule has 2 amide bonds. The molecule has 0 unspecified atom stereocenters. The molecule has 0 radical (unpaired) electrons. The molecule has 0 saturated carbocycles.